The van der Waals surface area contributed by atoms with Crippen molar-refractivity contribution in [2.24, 2.45) is 5.73 Å². The van der Waals surface area contributed by atoms with Crippen LogP contribution in [0.4, 0.5) is 4.39 Å². The molecule has 1 unspecified atom stereocenters. The Bertz CT molecular complexity index is 706. The second-order valence-corrected chi connectivity index (χ2v) is 6.26. The highest BCUT2D eigenvalue weighted by Crippen LogP contribution is 2.40. The van der Waals surface area contributed by atoms with Gasteiger partial charge in [0.25, 0.3) is 0 Å². The van der Waals surface area contributed by atoms with Gasteiger partial charge in [0.15, 0.2) is 11.6 Å². The summed E-state index contributed by atoms with van der Waals surface area (Å²) in [6.07, 6.45) is 0.192. The van der Waals surface area contributed by atoms with Crippen LogP contribution < -0.4 is 5.73 Å². The molecule has 1 fully saturated rings. The number of aromatic hydroxyl groups is 1. The van der Waals surface area contributed by atoms with Gasteiger partial charge in [-0.1, -0.05) is 6.07 Å². The molecule has 0 saturated carbocycles. The minimum atomic E-state index is -1.19. The molecule has 0 radical (unpaired) electrons. The zero-order chi connectivity index (χ0) is 16.0. The molecule has 0 bridgehead atoms. The van der Waals surface area contributed by atoms with Gasteiger partial charge in [-0.3, -0.25) is 9.69 Å². The minimum absolute atomic E-state index is 0.0658. The molecule has 1 aromatic carbocycles. The number of hydrogen-bond donors (Lipinski definition) is 3. The summed E-state index contributed by atoms with van der Waals surface area (Å²) in [4.78, 5) is 24.5. The molecule has 2 aliphatic heterocycles. The summed E-state index contributed by atoms with van der Waals surface area (Å²) in [5.41, 5.74) is 6.66. The maximum atomic E-state index is 13.4. The molecule has 2 aliphatic rings. The van der Waals surface area contributed by atoms with Gasteiger partial charge < -0.3 is 15.9 Å². The van der Waals surface area contributed by atoms with E-state index in [0.717, 1.165) is 6.07 Å². The lowest BCUT2D eigenvalue weighted by Gasteiger charge is -2.48. The van der Waals surface area contributed by atoms with Gasteiger partial charge in [-0.05, 0) is 29.7 Å². The number of aliphatic carboxylic acids is 1. The van der Waals surface area contributed by atoms with E-state index in [4.69, 9.17) is 5.73 Å². The van der Waals surface area contributed by atoms with Gasteiger partial charge in [0.2, 0.25) is 5.91 Å². The quantitative estimate of drug-likeness (QED) is 0.706. The van der Waals surface area contributed by atoms with Crippen LogP contribution >= 0.6 is 11.8 Å². The van der Waals surface area contributed by atoms with Crippen LogP contribution in [0.2, 0.25) is 0 Å². The van der Waals surface area contributed by atoms with E-state index in [1.165, 1.54) is 28.8 Å². The number of rotatable bonds is 3. The van der Waals surface area contributed by atoms with Crippen molar-refractivity contribution in [3.8, 4) is 5.75 Å². The number of carbonyl (C=O) groups excluding carboxylic acids is 1. The molecule has 0 spiro atoms. The van der Waals surface area contributed by atoms with E-state index in [1.807, 2.05) is 0 Å². The highest BCUT2D eigenvalue weighted by molar-refractivity contribution is 8.00. The number of thioether (sulfide) groups is 1. The molecule has 22 heavy (non-hydrogen) atoms. The zero-order valence-electron chi connectivity index (χ0n) is 11.3. The lowest BCUT2D eigenvalue weighted by atomic mass is 9.99. The van der Waals surface area contributed by atoms with Crippen molar-refractivity contribution in [3.63, 3.8) is 0 Å². The standard InChI is InChI=1S/C14H13FN2O4S/c15-8-4-6(1-2-9(8)18)3-7-5-22-13-10(16)12(19)17(13)11(7)14(20)21/h1-2,4,10,13,18H,3,5,16H2,(H,20,21)/t10?,13-/m1/s1. The van der Waals surface area contributed by atoms with Gasteiger partial charge in [-0.25, -0.2) is 9.18 Å². The molecule has 116 valence electrons. The molecule has 1 aromatic rings. The van der Waals surface area contributed by atoms with Crippen LogP contribution in [0.15, 0.2) is 29.5 Å². The Morgan fingerprint density at radius 1 is 1.50 bits per heavy atom. The van der Waals surface area contributed by atoms with Crippen molar-refractivity contribution < 1.29 is 24.2 Å². The van der Waals surface area contributed by atoms with Gasteiger partial charge in [-0.15, -0.1) is 11.8 Å². The van der Waals surface area contributed by atoms with Crippen molar-refractivity contribution in [2.75, 3.05) is 5.75 Å². The number of benzene rings is 1. The maximum Gasteiger partial charge on any atom is 0.352 e. The van der Waals surface area contributed by atoms with Crippen LogP contribution in [0.5, 0.6) is 5.75 Å². The number of fused-ring (bicyclic) bond motifs is 1. The van der Waals surface area contributed by atoms with Crippen LogP contribution in [-0.2, 0) is 16.0 Å². The minimum Gasteiger partial charge on any atom is -0.505 e. The average molecular weight is 324 g/mol. The van der Waals surface area contributed by atoms with Gasteiger partial charge in [0.05, 0.1) is 0 Å². The summed E-state index contributed by atoms with van der Waals surface area (Å²) in [7, 11) is 0. The lowest BCUT2D eigenvalue weighted by Crippen LogP contribution is -2.68. The van der Waals surface area contributed by atoms with E-state index in [-0.39, 0.29) is 17.5 Å². The molecule has 1 amide bonds. The van der Waals surface area contributed by atoms with Crippen LogP contribution in [0.1, 0.15) is 5.56 Å². The van der Waals surface area contributed by atoms with E-state index in [2.05, 4.69) is 0 Å². The molecule has 6 nitrogen and oxygen atoms in total. The zero-order valence-corrected chi connectivity index (χ0v) is 12.1. The first kappa shape index (κ1) is 14.9. The summed E-state index contributed by atoms with van der Waals surface area (Å²) in [6, 6.07) is 3.22. The third-order valence-corrected chi connectivity index (χ3v) is 5.08. The molecule has 8 heteroatoms. The number of carboxylic acids is 1. The molecule has 4 N–H and O–H groups in total. The van der Waals surface area contributed by atoms with Crippen molar-refractivity contribution >= 4 is 23.6 Å². The number of amides is 1. The van der Waals surface area contributed by atoms with E-state index >= 15 is 0 Å². The second-order valence-electron chi connectivity index (χ2n) is 5.16. The molecule has 2 atom stereocenters. The van der Waals surface area contributed by atoms with Crippen LogP contribution in [0.3, 0.4) is 0 Å². The smallest absolute Gasteiger partial charge is 0.352 e. The molecular formula is C14H13FN2O4S. The first-order chi connectivity index (χ1) is 10.4. The summed E-state index contributed by atoms with van der Waals surface area (Å²) >= 11 is 1.40. The van der Waals surface area contributed by atoms with Gasteiger partial charge >= 0.3 is 5.97 Å². The molecule has 0 aromatic heterocycles. The first-order valence-electron chi connectivity index (χ1n) is 6.53. The summed E-state index contributed by atoms with van der Waals surface area (Å²) in [6.45, 7) is 0. The van der Waals surface area contributed by atoms with Gasteiger partial charge in [-0.2, -0.15) is 0 Å². The fourth-order valence-corrected chi connectivity index (χ4v) is 3.92. The van der Waals surface area contributed by atoms with Crippen LogP contribution in [-0.4, -0.2) is 44.2 Å². The molecule has 2 heterocycles. The van der Waals surface area contributed by atoms with E-state index in [1.54, 1.807) is 0 Å². The van der Waals surface area contributed by atoms with Gasteiger partial charge in [0, 0.05) is 5.75 Å². The fourth-order valence-electron chi connectivity index (χ4n) is 2.62. The van der Waals surface area contributed by atoms with Crippen molar-refractivity contribution in [3.05, 3.63) is 40.8 Å². The average Bonchev–Trinajstić information content (AvgIpc) is 2.49. The number of hydrogen-bond acceptors (Lipinski definition) is 5. The Kier molecular flexibility index (Phi) is 3.57. The highest BCUT2D eigenvalue weighted by Gasteiger charge is 2.51. The predicted octanol–water partition coefficient (Wildman–Crippen LogP) is 0.655. The topological polar surface area (TPSA) is 104 Å². The number of phenols is 1. The predicted molar refractivity (Wildman–Crippen MR) is 77.5 cm³/mol. The molecule has 1 saturated heterocycles. The van der Waals surface area contributed by atoms with Crippen molar-refractivity contribution in [1.82, 2.24) is 4.90 Å². The van der Waals surface area contributed by atoms with E-state index in [0.29, 0.717) is 16.9 Å². The Morgan fingerprint density at radius 3 is 2.86 bits per heavy atom. The summed E-state index contributed by atoms with van der Waals surface area (Å²) in [5.74, 6) is -2.42. The maximum absolute atomic E-state index is 13.4. The Morgan fingerprint density at radius 2 is 2.23 bits per heavy atom. The number of nitrogens with zero attached hydrogens (tertiary/aromatic N) is 1. The number of halogens is 1. The summed E-state index contributed by atoms with van der Waals surface area (Å²) < 4.78 is 13.4. The number of carboxylic acid groups (broad SMARTS) is 1. The van der Waals surface area contributed by atoms with Crippen molar-refractivity contribution in [2.45, 2.75) is 17.8 Å². The number of phenolic OH excluding ortho intramolecular Hbond substituents is 1. The van der Waals surface area contributed by atoms with E-state index < -0.39 is 29.5 Å². The number of nitrogens with two attached hydrogens (primary N) is 1. The normalized spacial score (nSPS) is 24.1. The van der Waals surface area contributed by atoms with Crippen molar-refractivity contribution in [1.29, 1.82) is 0 Å². The highest BCUT2D eigenvalue weighted by atomic mass is 32.2. The Hall–Kier alpha value is -2.06. The fraction of sp³-hybridized carbons (Fsp3) is 0.286. The SMILES string of the molecule is NC1C(=O)N2C(C(=O)O)=C(Cc3ccc(O)c(F)c3)CS[C@H]12. The third-order valence-electron chi connectivity index (χ3n) is 3.72. The molecule has 0 aliphatic carbocycles. The monoisotopic (exact) mass is 324 g/mol. The van der Waals surface area contributed by atoms with E-state index in [9.17, 15) is 24.2 Å². The second kappa shape index (κ2) is 5.29. The number of β-lactam (4-membered cyclic amide) rings is 1. The Labute approximate surface area is 129 Å². The van der Waals surface area contributed by atoms with Gasteiger partial charge in [0.1, 0.15) is 17.1 Å². The Balaban J connectivity index is 1.94. The summed E-state index contributed by atoms with van der Waals surface area (Å²) in [5, 5.41) is 18.2. The van der Waals surface area contributed by atoms with Crippen LogP contribution in [0.25, 0.3) is 0 Å². The third kappa shape index (κ3) is 2.24. The lowest BCUT2D eigenvalue weighted by molar-refractivity contribution is -0.148. The largest absolute Gasteiger partial charge is 0.505 e. The molecular weight excluding hydrogens is 311 g/mol. The molecule has 3 rings (SSSR count). The first-order valence-corrected chi connectivity index (χ1v) is 7.58. The number of carbonyl (C=O) groups is 2. The van der Waals surface area contributed by atoms with Crippen LogP contribution in [0, 0.1) is 5.82 Å².